The molecule has 4 heteroatoms. The molecule has 0 N–H and O–H groups in total. The Morgan fingerprint density at radius 3 is 1.94 bits per heavy atom. The van der Waals surface area contributed by atoms with Crippen LogP contribution in [0, 0.1) is 0 Å². The Morgan fingerprint density at radius 2 is 1.08 bits per heavy atom. The number of rotatable bonds is 3. The molecule has 1 aliphatic carbocycles. The molecular formula is C44H29N3O. The van der Waals surface area contributed by atoms with Gasteiger partial charge in [-0.2, -0.15) is 0 Å². The van der Waals surface area contributed by atoms with Gasteiger partial charge in [0.2, 0.25) is 0 Å². The van der Waals surface area contributed by atoms with E-state index in [9.17, 15) is 0 Å². The maximum absolute atomic E-state index is 6.40. The van der Waals surface area contributed by atoms with Gasteiger partial charge in [-0.1, -0.05) is 123 Å². The molecule has 0 aliphatic heterocycles. The van der Waals surface area contributed by atoms with Crippen LogP contribution in [0.5, 0.6) is 0 Å². The van der Waals surface area contributed by atoms with Crippen LogP contribution in [0.15, 0.2) is 144 Å². The van der Waals surface area contributed by atoms with E-state index in [0.29, 0.717) is 17.5 Å². The topological polar surface area (TPSA) is 51.8 Å². The third kappa shape index (κ3) is 3.93. The van der Waals surface area contributed by atoms with Crippen molar-refractivity contribution in [1.29, 1.82) is 0 Å². The average Bonchev–Trinajstić information content (AvgIpc) is 3.62. The van der Waals surface area contributed by atoms with Gasteiger partial charge in [0.25, 0.3) is 0 Å². The van der Waals surface area contributed by atoms with Gasteiger partial charge in [0.05, 0.1) is 0 Å². The molecule has 10 rings (SSSR count). The lowest BCUT2D eigenvalue weighted by Gasteiger charge is -2.22. The smallest absolute Gasteiger partial charge is 0.164 e. The lowest BCUT2D eigenvalue weighted by atomic mass is 9.82. The third-order valence-electron chi connectivity index (χ3n) is 10.1. The number of para-hydroxylation sites is 1. The van der Waals surface area contributed by atoms with Crippen LogP contribution in [0.3, 0.4) is 0 Å². The maximum atomic E-state index is 6.40. The molecule has 0 bridgehead atoms. The SMILES string of the molecule is CC1(C)c2ccc(-c3nc(-c4ccccc4)nc(-c4cccc5c4ccc4c6ccccc6oc54)n3)cc2-c2cc3ccccc3cc21. The van der Waals surface area contributed by atoms with Gasteiger partial charge in [0, 0.05) is 38.3 Å². The Hall–Kier alpha value is -6.13. The van der Waals surface area contributed by atoms with Gasteiger partial charge in [-0.15, -0.1) is 0 Å². The van der Waals surface area contributed by atoms with Crippen molar-refractivity contribution in [2.75, 3.05) is 0 Å². The Kier molecular flexibility index (Phi) is 5.59. The highest BCUT2D eigenvalue weighted by Gasteiger charge is 2.36. The number of aromatic nitrogens is 3. The number of nitrogens with zero attached hydrogens (tertiary/aromatic N) is 3. The van der Waals surface area contributed by atoms with Gasteiger partial charge in [0.15, 0.2) is 17.5 Å². The maximum Gasteiger partial charge on any atom is 0.164 e. The summed E-state index contributed by atoms with van der Waals surface area (Å²) < 4.78 is 6.40. The zero-order valence-electron chi connectivity index (χ0n) is 26.5. The Morgan fingerprint density at radius 1 is 0.438 bits per heavy atom. The van der Waals surface area contributed by atoms with E-state index in [0.717, 1.165) is 49.4 Å². The molecule has 1 aliphatic rings. The molecule has 2 aromatic heterocycles. The van der Waals surface area contributed by atoms with E-state index >= 15 is 0 Å². The predicted molar refractivity (Wildman–Crippen MR) is 196 cm³/mol. The summed E-state index contributed by atoms with van der Waals surface area (Å²) in [7, 11) is 0. The van der Waals surface area contributed by atoms with Crippen LogP contribution < -0.4 is 0 Å². The quantitative estimate of drug-likeness (QED) is 0.198. The standard InChI is InChI=1S/C44H29N3O/c1-44(2)37-22-19-29(24-35(37)36-23-27-13-6-7-14-28(27)25-38(36)44)42-45-41(26-11-4-3-5-12-26)46-43(47-42)34-17-10-16-32-30(34)20-21-33-31-15-8-9-18-39(31)48-40(32)33/h3-25H,1-2H3. The zero-order chi connectivity index (χ0) is 32.0. The largest absolute Gasteiger partial charge is 0.455 e. The molecule has 7 aromatic carbocycles. The van der Waals surface area contributed by atoms with Crippen molar-refractivity contribution in [2.45, 2.75) is 19.3 Å². The number of furan rings is 1. The number of hydrogen-bond donors (Lipinski definition) is 0. The zero-order valence-corrected chi connectivity index (χ0v) is 26.5. The van der Waals surface area contributed by atoms with Crippen LogP contribution in [-0.4, -0.2) is 15.0 Å². The van der Waals surface area contributed by atoms with E-state index in [1.54, 1.807) is 0 Å². The van der Waals surface area contributed by atoms with Crippen LogP contribution in [0.1, 0.15) is 25.0 Å². The average molecular weight is 616 g/mol. The predicted octanol–water partition coefficient (Wildman–Crippen LogP) is 11.4. The monoisotopic (exact) mass is 615 g/mol. The molecule has 0 radical (unpaired) electrons. The molecule has 226 valence electrons. The Balaban J connectivity index is 1.19. The Labute approximate surface area is 277 Å². The Bertz CT molecular complexity index is 2760. The second kappa shape index (κ2) is 9.93. The molecule has 4 nitrogen and oxygen atoms in total. The van der Waals surface area contributed by atoms with E-state index in [4.69, 9.17) is 19.4 Å². The van der Waals surface area contributed by atoms with Gasteiger partial charge in [-0.3, -0.25) is 0 Å². The normalized spacial score (nSPS) is 13.4. The first-order valence-corrected chi connectivity index (χ1v) is 16.4. The third-order valence-corrected chi connectivity index (χ3v) is 10.1. The highest BCUT2D eigenvalue weighted by molar-refractivity contribution is 6.17. The first-order chi connectivity index (χ1) is 23.5. The van der Waals surface area contributed by atoms with Crippen molar-refractivity contribution >= 4 is 43.5 Å². The van der Waals surface area contributed by atoms with Crippen LogP contribution in [0.4, 0.5) is 0 Å². The summed E-state index contributed by atoms with van der Waals surface area (Å²) in [5, 5.41) is 6.80. The minimum atomic E-state index is -0.113. The fourth-order valence-corrected chi connectivity index (χ4v) is 7.65. The summed E-state index contributed by atoms with van der Waals surface area (Å²) in [6.07, 6.45) is 0. The molecule has 2 heterocycles. The summed E-state index contributed by atoms with van der Waals surface area (Å²) >= 11 is 0. The molecule has 9 aromatic rings. The molecule has 0 unspecified atom stereocenters. The molecule has 0 fully saturated rings. The second-order valence-corrected chi connectivity index (χ2v) is 13.2. The van der Waals surface area contributed by atoms with Crippen molar-refractivity contribution in [3.8, 4) is 45.3 Å². The minimum Gasteiger partial charge on any atom is -0.455 e. The molecule has 0 saturated carbocycles. The second-order valence-electron chi connectivity index (χ2n) is 13.2. The van der Waals surface area contributed by atoms with Crippen LogP contribution in [-0.2, 0) is 5.41 Å². The molecule has 0 amide bonds. The number of hydrogen-bond acceptors (Lipinski definition) is 4. The van der Waals surface area contributed by atoms with Gasteiger partial charge in [0.1, 0.15) is 11.2 Å². The highest BCUT2D eigenvalue weighted by atomic mass is 16.3. The molecule has 0 atom stereocenters. The summed E-state index contributed by atoms with van der Waals surface area (Å²) in [5.41, 5.74) is 9.67. The van der Waals surface area contributed by atoms with E-state index in [1.165, 1.54) is 33.0 Å². The summed E-state index contributed by atoms with van der Waals surface area (Å²) in [6.45, 7) is 4.64. The summed E-state index contributed by atoms with van der Waals surface area (Å²) in [4.78, 5) is 15.4. The van der Waals surface area contributed by atoms with E-state index in [2.05, 4.69) is 123 Å². The highest BCUT2D eigenvalue weighted by Crippen LogP contribution is 2.50. The fourth-order valence-electron chi connectivity index (χ4n) is 7.65. The van der Waals surface area contributed by atoms with E-state index in [1.807, 2.05) is 30.3 Å². The van der Waals surface area contributed by atoms with Gasteiger partial charge >= 0.3 is 0 Å². The fraction of sp³-hybridized carbons (Fsp3) is 0.0682. The first kappa shape index (κ1) is 27.0. The minimum absolute atomic E-state index is 0.113. The van der Waals surface area contributed by atoms with Crippen molar-refractivity contribution in [1.82, 2.24) is 15.0 Å². The van der Waals surface area contributed by atoms with E-state index in [-0.39, 0.29) is 5.41 Å². The molecule has 48 heavy (non-hydrogen) atoms. The van der Waals surface area contributed by atoms with Crippen LogP contribution >= 0.6 is 0 Å². The van der Waals surface area contributed by atoms with Crippen molar-refractivity contribution in [3.63, 3.8) is 0 Å². The summed E-state index contributed by atoms with van der Waals surface area (Å²) in [5.74, 6) is 1.92. The van der Waals surface area contributed by atoms with Crippen molar-refractivity contribution < 1.29 is 4.42 Å². The number of benzene rings is 7. The van der Waals surface area contributed by atoms with Crippen molar-refractivity contribution in [2.24, 2.45) is 0 Å². The molecular weight excluding hydrogens is 587 g/mol. The van der Waals surface area contributed by atoms with Crippen molar-refractivity contribution in [3.05, 3.63) is 151 Å². The first-order valence-electron chi connectivity index (χ1n) is 16.4. The van der Waals surface area contributed by atoms with Gasteiger partial charge in [-0.25, -0.2) is 15.0 Å². The van der Waals surface area contributed by atoms with Crippen LogP contribution in [0.2, 0.25) is 0 Å². The number of fused-ring (bicyclic) bond motifs is 9. The molecule has 0 saturated heterocycles. The van der Waals surface area contributed by atoms with Gasteiger partial charge < -0.3 is 4.42 Å². The summed E-state index contributed by atoms with van der Waals surface area (Å²) in [6, 6.07) is 49.0. The van der Waals surface area contributed by atoms with Gasteiger partial charge in [-0.05, 0) is 68.7 Å². The lowest BCUT2D eigenvalue weighted by Crippen LogP contribution is -2.14. The molecule has 0 spiro atoms. The van der Waals surface area contributed by atoms with E-state index < -0.39 is 0 Å². The van der Waals surface area contributed by atoms with Crippen LogP contribution in [0.25, 0.3) is 88.8 Å². The lowest BCUT2D eigenvalue weighted by molar-refractivity contribution is 0.661.